The third kappa shape index (κ3) is 3.06. The van der Waals surface area contributed by atoms with Gasteiger partial charge in [-0.15, -0.1) is 0 Å². The van der Waals surface area contributed by atoms with Gasteiger partial charge in [-0.25, -0.2) is 0 Å². The Morgan fingerprint density at radius 2 is 2.25 bits per heavy atom. The molecular formula is C12H20N2O2. The topological polar surface area (TPSA) is 58.3 Å². The van der Waals surface area contributed by atoms with Gasteiger partial charge in [0.15, 0.2) is 0 Å². The van der Waals surface area contributed by atoms with E-state index < -0.39 is 0 Å². The maximum atomic E-state index is 9.37. The maximum Gasteiger partial charge on any atom is 0.124 e. The largest absolute Gasteiger partial charge is 0.396 e. The van der Waals surface area contributed by atoms with Crippen molar-refractivity contribution in [2.75, 3.05) is 6.61 Å². The third-order valence-corrected chi connectivity index (χ3v) is 3.43. The van der Waals surface area contributed by atoms with Gasteiger partial charge in [-0.2, -0.15) is 0 Å². The normalized spacial score (nSPS) is 26.6. The fraction of sp³-hybridized carbons (Fsp3) is 0.750. The molecule has 0 bridgehead atoms. The van der Waals surface area contributed by atoms with Crippen molar-refractivity contribution >= 4 is 0 Å². The van der Waals surface area contributed by atoms with Crippen LogP contribution in [0.15, 0.2) is 16.9 Å². The summed E-state index contributed by atoms with van der Waals surface area (Å²) in [5.74, 6) is 0.398. The lowest BCUT2D eigenvalue weighted by atomic mass is 9.95. The Bertz CT molecular complexity index is 287. The van der Waals surface area contributed by atoms with Crippen LogP contribution in [0.5, 0.6) is 0 Å². The van der Waals surface area contributed by atoms with Crippen molar-refractivity contribution in [3.8, 4) is 0 Å². The van der Waals surface area contributed by atoms with E-state index in [1.165, 1.54) is 19.3 Å². The van der Waals surface area contributed by atoms with Crippen molar-refractivity contribution in [2.45, 2.75) is 44.7 Å². The Morgan fingerprint density at radius 3 is 3.00 bits per heavy atom. The SMILES string of the molecule is OC[C@H]1CCCCC[C@H]1NCc1ccon1. The van der Waals surface area contributed by atoms with Gasteiger partial charge in [0.1, 0.15) is 6.26 Å². The highest BCUT2D eigenvalue weighted by Crippen LogP contribution is 2.23. The van der Waals surface area contributed by atoms with E-state index in [1.54, 1.807) is 6.26 Å². The minimum absolute atomic E-state index is 0.288. The van der Waals surface area contributed by atoms with E-state index in [-0.39, 0.29) is 6.61 Å². The molecule has 0 saturated heterocycles. The average Bonchev–Trinajstić information content (AvgIpc) is 2.71. The lowest BCUT2D eigenvalue weighted by Gasteiger charge is -2.24. The second kappa shape index (κ2) is 6.01. The Balaban J connectivity index is 1.85. The van der Waals surface area contributed by atoms with Crippen LogP contribution in [-0.4, -0.2) is 22.9 Å². The molecule has 16 heavy (non-hydrogen) atoms. The molecule has 4 nitrogen and oxygen atoms in total. The molecule has 1 fully saturated rings. The first-order chi connectivity index (χ1) is 7.90. The van der Waals surface area contributed by atoms with Crippen LogP contribution in [-0.2, 0) is 6.54 Å². The fourth-order valence-corrected chi connectivity index (χ4v) is 2.44. The number of nitrogens with zero attached hydrogens (tertiary/aromatic N) is 1. The Labute approximate surface area is 96.0 Å². The molecule has 2 rings (SSSR count). The first kappa shape index (κ1) is 11.6. The molecule has 0 unspecified atom stereocenters. The van der Waals surface area contributed by atoms with Crippen LogP contribution in [0.2, 0.25) is 0 Å². The standard InChI is InChI=1S/C12H20N2O2/c15-9-10-4-2-1-3-5-12(10)13-8-11-6-7-16-14-11/h6-7,10,12-13,15H,1-5,8-9H2/t10-,12-/m1/s1. The first-order valence-electron chi connectivity index (χ1n) is 6.13. The molecule has 1 heterocycles. The van der Waals surface area contributed by atoms with E-state index in [2.05, 4.69) is 10.5 Å². The zero-order chi connectivity index (χ0) is 11.2. The van der Waals surface area contributed by atoms with Crippen molar-refractivity contribution in [3.05, 3.63) is 18.0 Å². The molecule has 0 aliphatic heterocycles. The van der Waals surface area contributed by atoms with Gasteiger partial charge in [0.25, 0.3) is 0 Å². The first-order valence-corrected chi connectivity index (χ1v) is 6.13. The highest BCUT2D eigenvalue weighted by atomic mass is 16.5. The molecule has 2 N–H and O–H groups in total. The number of aliphatic hydroxyl groups excluding tert-OH is 1. The van der Waals surface area contributed by atoms with Crippen LogP contribution >= 0.6 is 0 Å². The summed E-state index contributed by atoms with van der Waals surface area (Å²) in [7, 11) is 0. The van der Waals surface area contributed by atoms with Crippen LogP contribution in [0.3, 0.4) is 0 Å². The van der Waals surface area contributed by atoms with Gasteiger partial charge in [-0.1, -0.05) is 24.4 Å². The summed E-state index contributed by atoms with van der Waals surface area (Å²) in [6.07, 6.45) is 7.67. The van der Waals surface area contributed by atoms with Crippen LogP contribution in [0.25, 0.3) is 0 Å². The number of hydrogen-bond donors (Lipinski definition) is 2. The molecule has 0 aromatic carbocycles. The quantitative estimate of drug-likeness (QED) is 0.764. The minimum Gasteiger partial charge on any atom is -0.396 e. The maximum absolute atomic E-state index is 9.37. The van der Waals surface area contributed by atoms with Crippen molar-refractivity contribution < 1.29 is 9.63 Å². The van der Waals surface area contributed by atoms with Gasteiger partial charge in [-0.3, -0.25) is 0 Å². The molecule has 0 radical (unpaired) electrons. The summed E-state index contributed by atoms with van der Waals surface area (Å²) >= 11 is 0. The second-order valence-electron chi connectivity index (χ2n) is 4.56. The van der Waals surface area contributed by atoms with Gasteiger partial charge in [-0.05, 0) is 18.8 Å². The van der Waals surface area contributed by atoms with E-state index in [1.807, 2.05) is 6.07 Å². The number of aromatic nitrogens is 1. The van der Waals surface area contributed by atoms with Gasteiger partial charge in [0, 0.05) is 25.3 Å². The number of nitrogens with one attached hydrogen (secondary N) is 1. The number of hydrogen-bond acceptors (Lipinski definition) is 4. The van der Waals surface area contributed by atoms with Gasteiger partial charge in [0.05, 0.1) is 5.69 Å². The van der Waals surface area contributed by atoms with Crippen LogP contribution < -0.4 is 5.32 Å². The molecule has 2 atom stereocenters. The van der Waals surface area contributed by atoms with Gasteiger partial charge in [0.2, 0.25) is 0 Å². The molecule has 1 aromatic rings. The predicted molar refractivity (Wildman–Crippen MR) is 60.8 cm³/mol. The summed E-state index contributed by atoms with van der Waals surface area (Å²) in [6.45, 7) is 1.02. The summed E-state index contributed by atoms with van der Waals surface area (Å²) in [6, 6.07) is 2.29. The smallest absolute Gasteiger partial charge is 0.124 e. The molecule has 1 aromatic heterocycles. The zero-order valence-corrected chi connectivity index (χ0v) is 9.56. The zero-order valence-electron chi connectivity index (χ0n) is 9.56. The van der Waals surface area contributed by atoms with Crippen molar-refractivity contribution in [2.24, 2.45) is 5.92 Å². The van der Waals surface area contributed by atoms with E-state index in [0.29, 0.717) is 12.0 Å². The van der Waals surface area contributed by atoms with E-state index in [4.69, 9.17) is 4.52 Å². The summed E-state index contributed by atoms with van der Waals surface area (Å²) in [5, 5.41) is 16.7. The van der Waals surface area contributed by atoms with Crippen molar-refractivity contribution in [1.29, 1.82) is 0 Å². The second-order valence-corrected chi connectivity index (χ2v) is 4.56. The highest BCUT2D eigenvalue weighted by Gasteiger charge is 2.22. The van der Waals surface area contributed by atoms with Crippen LogP contribution in [0.4, 0.5) is 0 Å². The van der Waals surface area contributed by atoms with Crippen LogP contribution in [0, 0.1) is 5.92 Å². The third-order valence-electron chi connectivity index (χ3n) is 3.43. The Morgan fingerprint density at radius 1 is 1.38 bits per heavy atom. The number of aliphatic hydroxyl groups is 1. The van der Waals surface area contributed by atoms with Crippen molar-refractivity contribution in [1.82, 2.24) is 10.5 Å². The molecule has 1 aliphatic rings. The van der Waals surface area contributed by atoms with Crippen LogP contribution in [0.1, 0.15) is 37.8 Å². The van der Waals surface area contributed by atoms with E-state index in [9.17, 15) is 5.11 Å². The fourth-order valence-electron chi connectivity index (χ4n) is 2.44. The summed E-state index contributed by atoms with van der Waals surface area (Å²) < 4.78 is 4.79. The molecular weight excluding hydrogens is 204 g/mol. The van der Waals surface area contributed by atoms with E-state index in [0.717, 1.165) is 25.1 Å². The van der Waals surface area contributed by atoms with Gasteiger partial charge < -0.3 is 14.9 Å². The lowest BCUT2D eigenvalue weighted by Crippen LogP contribution is -2.36. The highest BCUT2D eigenvalue weighted by molar-refractivity contribution is 4.95. The number of rotatable bonds is 4. The predicted octanol–water partition coefficient (Wildman–Crippen LogP) is 1.71. The average molecular weight is 224 g/mol. The van der Waals surface area contributed by atoms with Crippen molar-refractivity contribution in [3.63, 3.8) is 0 Å². The molecule has 0 amide bonds. The lowest BCUT2D eigenvalue weighted by molar-refractivity contribution is 0.180. The van der Waals surface area contributed by atoms with E-state index >= 15 is 0 Å². The Hall–Kier alpha value is -0.870. The van der Waals surface area contributed by atoms with Gasteiger partial charge >= 0.3 is 0 Å². The molecule has 1 aliphatic carbocycles. The molecule has 90 valence electrons. The Kier molecular flexibility index (Phi) is 4.36. The molecule has 0 spiro atoms. The summed E-state index contributed by atoms with van der Waals surface area (Å²) in [4.78, 5) is 0. The summed E-state index contributed by atoms with van der Waals surface area (Å²) in [5.41, 5.74) is 0.931. The minimum atomic E-state index is 0.288. The molecule has 1 saturated carbocycles. The molecule has 4 heteroatoms. The monoisotopic (exact) mass is 224 g/mol.